The van der Waals surface area contributed by atoms with Crippen molar-refractivity contribution in [3.05, 3.63) is 96.4 Å². The van der Waals surface area contributed by atoms with Crippen molar-refractivity contribution in [2.75, 3.05) is 36.5 Å². The zero-order chi connectivity index (χ0) is 28.3. The van der Waals surface area contributed by atoms with Gasteiger partial charge < -0.3 is 20.7 Å². The van der Waals surface area contributed by atoms with Gasteiger partial charge in [0.25, 0.3) is 0 Å². The van der Waals surface area contributed by atoms with Gasteiger partial charge in [-0.15, -0.1) is 0 Å². The summed E-state index contributed by atoms with van der Waals surface area (Å²) in [5, 5.41) is 3.50. The molecule has 8 heteroatoms. The van der Waals surface area contributed by atoms with Crippen molar-refractivity contribution < 1.29 is 9.13 Å². The maximum Gasteiger partial charge on any atom is 0.154 e. The van der Waals surface area contributed by atoms with Gasteiger partial charge in [-0.1, -0.05) is 36.4 Å². The number of morpholine rings is 1. The quantitative estimate of drug-likeness (QED) is 0.253. The molecule has 0 radical (unpaired) electrons. The van der Waals surface area contributed by atoms with Crippen LogP contribution in [0.4, 0.5) is 21.6 Å². The normalized spacial score (nSPS) is 16.9. The molecule has 8 rings (SSSR count). The highest BCUT2D eigenvalue weighted by Gasteiger charge is 2.37. The number of rotatable bonds is 4. The molecule has 2 aromatic heterocycles. The first-order valence-corrected chi connectivity index (χ1v) is 14.6. The fourth-order valence-electron chi connectivity index (χ4n) is 6.44. The van der Waals surface area contributed by atoms with E-state index in [-0.39, 0.29) is 5.82 Å². The summed E-state index contributed by atoms with van der Waals surface area (Å²) >= 11 is 0. The molecule has 2 aliphatic heterocycles. The van der Waals surface area contributed by atoms with Gasteiger partial charge >= 0.3 is 0 Å². The Bertz CT molecular complexity index is 1800. The van der Waals surface area contributed by atoms with Crippen molar-refractivity contribution in [3.8, 4) is 39.6 Å². The molecule has 7 nitrogen and oxygen atoms in total. The fraction of sp³-hybridized carbons (Fsp3) is 0.235. The number of fused-ring (bicyclic) bond motifs is 5. The fourth-order valence-corrected chi connectivity index (χ4v) is 6.44. The number of benzene rings is 3. The van der Waals surface area contributed by atoms with E-state index in [1.165, 1.54) is 0 Å². The molecule has 210 valence electrons. The lowest BCUT2D eigenvalue weighted by Gasteiger charge is -2.38. The molecule has 4 heterocycles. The van der Waals surface area contributed by atoms with Crippen molar-refractivity contribution in [1.29, 1.82) is 0 Å². The van der Waals surface area contributed by atoms with Crippen LogP contribution in [0.1, 0.15) is 24.8 Å². The van der Waals surface area contributed by atoms with Crippen LogP contribution in [0.3, 0.4) is 0 Å². The number of nitrogens with zero attached hydrogens (tertiary/aromatic N) is 4. The molecule has 0 spiro atoms. The number of hydrogen-bond donors (Lipinski definition) is 2. The number of nitrogens with one attached hydrogen (secondary N) is 1. The highest BCUT2D eigenvalue weighted by Crippen LogP contribution is 2.46. The van der Waals surface area contributed by atoms with Crippen LogP contribution < -0.4 is 16.0 Å². The zero-order valence-electron chi connectivity index (χ0n) is 23.2. The number of imidazole rings is 1. The number of aromatic nitrogens is 3. The molecule has 0 bridgehead atoms. The molecule has 3 aromatic carbocycles. The lowest BCUT2D eigenvalue weighted by Crippen LogP contribution is -2.44. The molecular weight excluding hydrogens is 527 g/mol. The van der Waals surface area contributed by atoms with Crippen LogP contribution in [0.5, 0.6) is 0 Å². The average Bonchev–Trinajstić information content (AvgIpc) is 3.35. The maximum absolute atomic E-state index is 15.8. The van der Waals surface area contributed by atoms with E-state index < -0.39 is 5.54 Å². The minimum atomic E-state index is -0.589. The lowest BCUT2D eigenvalue weighted by atomic mass is 9.72. The van der Waals surface area contributed by atoms with Gasteiger partial charge in [-0.2, -0.15) is 0 Å². The van der Waals surface area contributed by atoms with Crippen molar-refractivity contribution in [3.63, 3.8) is 0 Å². The molecule has 1 saturated heterocycles. The van der Waals surface area contributed by atoms with Crippen molar-refractivity contribution in [2.45, 2.75) is 24.8 Å². The summed E-state index contributed by atoms with van der Waals surface area (Å²) in [5.41, 5.74) is 13.7. The summed E-state index contributed by atoms with van der Waals surface area (Å²) < 4.78 is 23.5. The Morgan fingerprint density at radius 3 is 2.45 bits per heavy atom. The second-order valence-corrected chi connectivity index (χ2v) is 11.4. The van der Waals surface area contributed by atoms with Gasteiger partial charge in [0.05, 0.1) is 36.0 Å². The molecule has 2 fully saturated rings. The smallest absolute Gasteiger partial charge is 0.154 e. The van der Waals surface area contributed by atoms with Crippen molar-refractivity contribution in [1.82, 2.24) is 14.5 Å². The van der Waals surface area contributed by atoms with Crippen LogP contribution in [0.25, 0.3) is 39.6 Å². The molecule has 0 unspecified atom stereocenters. The number of anilines is 3. The topological polar surface area (TPSA) is 81.2 Å². The van der Waals surface area contributed by atoms with Gasteiger partial charge in [-0.3, -0.25) is 4.57 Å². The van der Waals surface area contributed by atoms with Crippen LogP contribution in [0.15, 0.2) is 85.1 Å². The summed E-state index contributed by atoms with van der Waals surface area (Å²) in [6, 6.07) is 26.0. The van der Waals surface area contributed by atoms with Gasteiger partial charge in [-0.25, -0.2) is 14.4 Å². The Labute approximate surface area is 243 Å². The summed E-state index contributed by atoms with van der Waals surface area (Å²) in [6.45, 7) is 3.19. The predicted octanol–water partition coefficient (Wildman–Crippen LogP) is 6.64. The predicted molar refractivity (Wildman–Crippen MR) is 164 cm³/mol. The van der Waals surface area contributed by atoms with Crippen LogP contribution in [0.2, 0.25) is 0 Å². The molecule has 3 N–H and O–H groups in total. The van der Waals surface area contributed by atoms with E-state index in [9.17, 15) is 0 Å². The number of nitrogens with two attached hydrogens (primary N) is 1. The zero-order valence-corrected chi connectivity index (χ0v) is 23.2. The maximum atomic E-state index is 15.8. The Morgan fingerprint density at radius 2 is 1.69 bits per heavy atom. The van der Waals surface area contributed by atoms with Crippen LogP contribution in [-0.2, 0) is 10.3 Å². The Kier molecular flexibility index (Phi) is 5.87. The molecule has 5 aromatic rings. The number of pyridine rings is 1. The van der Waals surface area contributed by atoms with E-state index in [1.54, 1.807) is 12.3 Å². The third-order valence-corrected chi connectivity index (χ3v) is 8.87. The van der Waals surface area contributed by atoms with E-state index in [1.807, 2.05) is 42.5 Å². The van der Waals surface area contributed by atoms with Gasteiger partial charge in [0.2, 0.25) is 0 Å². The number of para-hydroxylation sites is 1. The third-order valence-electron chi connectivity index (χ3n) is 8.87. The molecular formula is C34H31FN6O. The van der Waals surface area contributed by atoms with Crippen LogP contribution in [0, 0.1) is 5.82 Å². The number of hydrogen-bond acceptors (Lipinski definition) is 6. The summed E-state index contributed by atoms with van der Waals surface area (Å²) in [7, 11) is 0. The molecule has 0 atom stereocenters. The second-order valence-electron chi connectivity index (χ2n) is 11.4. The Hall–Kier alpha value is -4.53. The molecule has 42 heavy (non-hydrogen) atoms. The van der Waals surface area contributed by atoms with Crippen molar-refractivity contribution in [2.24, 2.45) is 5.73 Å². The van der Waals surface area contributed by atoms with Gasteiger partial charge in [-0.05, 0) is 61.7 Å². The summed E-state index contributed by atoms with van der Waals surface area (Å²) in [5.74, 6) is 1.20. The second kappa shape index (κ2) is 9.79. The van der Waals surface area contributed by atoms with Gasteiger partial charge in [0.15, 0.2) is 5.82 Å². The number of halogens is 1. The number of ether oxygens (including phenoxy) is 1. The van der Waals surface area contributed by atoms with E-state index in [0.717, 1.165) is 96.5 Å². The monoisotopic (exact) mass is 558 g/mol. The molecule has 3 aliphatic rings. The molecule has 1 aliphatic carbocycles. The minimum absolute atomic E-state index is 0.280. The molecule has 1 saturated carbocycles. The van der Waals surface area contributed by atoms with Gasteiger partial charge in [0, 0.05) is 52.8 Å². The third kappa shape index (κ3) is 4.01. The minimum Gasteiger partial charge on any atom is -0.378 e. The standard InChI is InChI=1S/C34H31FN6O/c35-27-21-23(10-13-26(27)34(36)14-4-15-34)31-30(22-8-11-24(12-9-22)40-17-19-42-20-18-40)39-33-25-5-1-2-6-28(25)38-32-29(41(31)33)7-3-16-37-32/h1-3,5-13,16,21H,4,14-15,17-20,36H2,(H,37,38). The highest BCUT2D eigenvalue weighted by molar-refractivity contribution is 5.91. The van der Waals surface area contributed by atoms with E-state index in [2.05, 4.69) is 50.1 Å². The van der Waals surface area contributed by atoms with E-state index in [0.29, 0.717) is 11.4 Å². The first-order chi connectivity index (χ1) is 20.6. The first-order valence-electron chi connectivity index (χ1n) is 14.6. The van der Waals surface area contributed by atoms with Crippen LogP contribution in [-0.4, -0.2) is 40.8 Å². The largest absolute Gasteiger partial charge is 0.378 e. The first kappa shape index (κ1) is 25.2. The average molecular weight is 559 g/mol. The Balaban J connectivity index is 1.36. The van der Waals surface area contributed by atoms with Crippen LogP contribution >= 0.6 is 0 Å². The summed E-state index contributed by atoms with van der Waals surface area (Å²) in [4.78, 5) is 12.3. The highest BCUT2D eigenvalue weighted by atomic mass is 19.1. The lowest BCUT2D eigenvalue weighted by molar-refractivity contribution is 0.122. The molecule has 0 amide bonds. The summed E-state index contributed by atoms with van der Waals surface area (Å²) in [6.07, 6.45) is 4.39. The van der Waals surface area contributed by atoms with E-state index in [4.69, 9.17) is 15.5 Å². The Morgan fingerprint density at radius 1 is 0.905 bits per heavy atom. The van der Waals surface area contributed by atoms with Gasteiger partial charge in [0.1, 0.15) is 11.6 Å². The SMILES string of the molecule is NC1(c2ccc(-c3c(-c4ccc(N5CCOCC5)cc4)nc4n3-c3cccnc3Nc3ccccc3-4)cc2F)CCC1. The van der Waals surface area contributed by atoms with Crippen molar-refractivity contribution >= 4 is 17.2 Å². The van der Waals surface area contributed by atoms with E-state index >= 15 is 4.39 Å².